The van der Waals surface area contributed by atoms with Crippen molar-refractivity contribution in [3.63, 3.8) is 0 Å². The van der Waals surface area contributed by atoms with Crippen LogP contribution in [0.5, 0.6) is 0 Å². The molecule has 16 heterocycles. The van der Waals surface area contributed by atoms with Crippen molar-refractivity contribution < 1.29 is 58.8 Å². The van der Waals surface area contributed by atoms with Crippen molar-refractivity contribution in [1.29, 1.82) is 0 Å². The summed E-state index contributed by atoms with van der Waals surface area (Å²) in [5.41, 5.74) is 8.21. The Labute approximate surface area is 842 Å². The number of aliphatic hydroxyl groups is 4. The Bertz CT molecular complexity index is 5770. The Kier molecular flexibility index (Phi) is 29.8. The average Bonchev–Trinajstić information content (AvgIpc) is 1.62. The minimum atomic E-state index is -0.533. The number of hydrogen-bond donors (Lipinski definition) is 12. The van der Waals surface area contributed by atoms with Gasteiger partial charge in [-0.25, -0.2) is 39.9 Å². The van der Waals surface area contributed by atoms with Crippen molar-refractivity contribution in [1.82, 2.24) is 80.7 Å². The van der Waals surface area contributed by atoms with Gasteiger partial charge in [0.15, 0.2) is 20.0 Å². The van der Waals surface area contributed by atoms with Gasteiger partial charge in [0.25, 0.3) is 47.3 Å². The molecule has 0 radical (unpaired) electrons. The van der Waals surface area contributed by atoms with Crippen LogP contribution in [0.15, 0.2) is 49.1 Å². The normalized spacial score (nSPS) is 26.3. The van der Waals surface area contributed by atoms with Gasteiger partial charge in [-0.2, -0.15) is 0 Å². The van der Waals surface area contributed by atoms with Crippen molar-refractivity contribution in [3.05, 3.63) is 114 Å². The fourth-order valence-electron chi connectivity index (χ4n) is 23.4. The van der Waals surface area contributed by atoms with Gasteiger partial charge in [-0.05, 0) is 342 Å². The van der Waals surface area contributed by atoms with E-state index in [2.05, 4.69) is 152 Å². The van der Waals surface area contributed by atoms with Crippen LogP contribution in [0.25, 0.3) is 41.8 Å². The van der Waals surface area contributed by atoms with Gasteiger partial charge in [0, 0.05) is 124 Å². The molecule has 8 aromatic heterocycles. The zero-order chi connectivity index (χ0) is 99.7. The zero-order valence-electron chi connectivity index (χ0n) is 83.8. The summed E-state index contributed by atoms with van der Waals surface area (Å²) in [6, 6.07) is 9.65. The van der Waals surface area contributed by atoms with E-state index in [0.29, 0.717) is 86.3 Å². The molecule has 13 fully saturated rings. The summed E-state index contributed by atoms with van der Waals surface area (Å²) in [4.78, 5) is 155. The van der Waals surface area contributed by atoms with E-state index < -0.39 is 18.3 Å². The second-order valence-corrected chi connectivity index (χ2v) is 48.8. The molecule has 8 saturated heterocycles. The first kappa shape index (κ1) is 101. The highest BCUT2D eigenvalue weighted by Gasteiger charge is 2.50. The summed E-state index contributed by atoms with van der Waals surface area (Å²) in [5, 5.41) is 66.9. The van der Waals surface area contributed by atoms with E-state index in [9.17, 15) is 58.8 Å². The molecule has 0 spiro atoms. The maximum Gasteiger partial charge on any atom is 0.280 e. The van der Waals surface area contributed by atoms with Crippen LogP contribution in [0.2, 0.25) is 0 Å². The van der Waals surface area contributed by atoms with Crippen molar-refractivity contribution in [2.45, 2.75) is 409 Å². The SMILES string of the molecule is Cc1cc(NC(C)(C)C)ncc1-c1sc(C(=O)N[C@@H]2CCC[C@H]2O)nc1C(=O)N1C2CCC1CC2.Cc1cc(NC(C)(C)C)ncc1-c1sc(C(=O)N[C@@H]2CC[C@@H](O)C2)nc1C(=O)N1C2CCC1CC2.Cc1cc(NC(C)(C)C)ncc1-c1sc(C(=O)N[C@H]2CCC[C@@H]2O)nc1C(=O)N1C2CCC1CC2.Cc1cc(N[C@H](C)C2CC2)ncc1-c1sc(C(=O)N[C@@H]2CCC[C@H]2O)nc1C(=O)N1C2CCC1CC2. The third kappa shape index (κ3) is 22.6. The Balaban J connectivity index is 0.000000124. The summed E-state index contributed by atoms with van der Waals surface area (Å²) in [7, 11) is 0. The quantitative estimate of drug-likeness (QED) is 0.0300. The minimum absolute atomic E-state index is 0.0652. The zero-order valence-corrected chi connectivity index (χ0v) is 87.0. The molecule has 141 heavy (non-hydrogen) atoms. The number of pyridine rings is 4. The molecule has 0 unspecified atom stereocenters. The van der Waals surface area contributed by atoms with E-state index in [4.69, 9.17) is 0 Å². The lowest BCUT2D eigenvalue weighted by Crippen LogP contribution is -2.40. The van der Waals surface area contributed by atoms with Gasteiger partial charge in [0.05, 0.1) is 62.0 Å². The number of anilines is 4. The second-order valence-electron chi connectivity index (χ2n) is 44.8. The molecule has 8 aliphatic heterocycles. The molecule has 0 aromatic carbocycles. The van der Waals surface area contributed by atoms with Gasteiger partial charge < -0.3 is 82.6 Å². The van der Waals surface area contributed by atoms with Crippen LogP contribution in [0.1, 0.15) is 365 Å². The van der Waals surface area contributed by atoms with Crippen LogP contribution >= 0.6 is 45.3 Å². The molecule has 36 heteroatoms. The second kappa shape index (κ2) is 41.6. The van der Waals surface area contributed by atoms with Crippen LogP contribution in [0.4, 0.5) is 23.3 Å². The molecule has 5 saturated carbocycles. The number of aliphatic hydroxyl groups excluding tert-OH is 4. The maximum absolute atomic E-state index is 13.8. The third-order valence-corrected chi connectivity index (χ3v) is 35.0. The molecule has 5 aliphatic carbocycles. The number of nitrogens with zero attached hydrogens (tertiary/aromatic N) is 12. The molecule has 21 rings (SSSR count). The highest BCUT2D eigenvalue weighted by molar-refractivity contribution is 7.18. The predicted octanol–water partition coefficient (Wildman–Crippen LogP) is 16.5. The number of nitrogens with one attached hydrogen (secondary N) is 8. The number of aryl methyl sites for hydroxylation is 4. The van der Waals surface area contributed by atoms with Crippen molar-refractivity contribution in [3.8, 4) is 41.8 Å². The molecule has 8 bridgehead atoms. The lowest BCUT2D eigenvalue weighted by Gasteiger charge is -2.22. The summed E-state index contributed by atoms with van der Waals surface area (Å²) >= 11 is 4.98. The number of thiazole rings is 4. The monoisotopic (exact) mass is 2000 g/mol. The lowest BCUT2D eigenvalue weighted by molar-refractivity contribution is 0.0716. The number of amides is 8. The lowest BCUT2D eigenvalue weighted by atomic mass is 10.0. The molecule has 8 aromatic rings. The summed E-state index contributed by atoms with van der Waals surface area (Å²) in [5.74, 6) is 2.26. The predicted molar refractivity (Wildman–Crippen MR) is 550 cm³/mol. The van der Waals surface area contributed by atoms with Gasteiger partial charge >= 0.3 is 0 Å². The average molecular weight is 2000 g/mol. The molecular weight excluding hydrogens is 1860 g/mol. The van der Waals surface area contributed by atoms with E-state index in [1.165, 1.54) is 58.2 Å². The smallest absolute Gasteiger partial charge is 0.280 e. The highest BCUT2D eigenvalue weighted by atomic mass is 32.1. The van der Waals surface area contributed by atoms with Gasteiger partial charge in [-0.15, -0.1) is 45.3 Å². The van der Waals surface area contributed by atoms with Crippen molar-refractivity contribution >= 4 is 116 Å². The molecule has 756 valence electrons. The first-order valence-electron chi connectivity index (χ1n) is 51.5. The maximum atomic E-state index is 13.8. The number of carbonyl (C=O) groups excluding carboxylic acids is 8. The van der Waals surface area contributed by atoms with Crippen LogP contribution in [-0.4, -0.2) is 247 Å². The molecule has 32 nitrogen and oxygen atoms in total. The van der Waals surface area contributed by atoms with Crippen molar-refractivity contribution in [2.24, 2.45) is 5.92 Å². The number of fused-ring (bicyclic) bond motifs is 8. The first-order chi connectivity index (χ1) is 67.2. The Morgan fingerprint density at radius 3 is 0.801 bits per heavy atom. The Hall–Kier alpha value is -10.1. The van der Waals surface area contributed by atoms with Gasteiger partial charge in [-0.3, -0.25) is 38.4 Å². The molecule has 12 N–H and O–H groups in total. The van der Waals surface area contributed by atoms with Gasteiger partial charge in [0.1, 0.15) is 46.0 Å². The fourth-order valence-corrected chi connectivity index (χ4v) is 27.5. The topological polar surface area (TPSA) is 430 Å². The van der Waals surface area contributed by atoms with Gasteiger partial charge in [0.2, 0.25) is 0 Å². The molecule has 8 amide bonds. The van der Waals surface area contributed by atoms with Gasteiger partial charge in [-0.1, -0.05) is 0 Å². The number of aromatic nitrogens is 8. The summed E-state index contributed by atoms with van der Waals surface area (Å²) in [6.07, 6.45) is 33.3. The number of rotatable bonds is 22. The van der Waals surface area contributed by atoms with Crippen LogP contribution in [0, 0.1) is 33.6 Å². The van der Waals surface area contributed by atoms with E-state index in [-0.39, 0.29) is 163 Å². The summed E-state index contributed by atoms with van der Waals surface area (Å²) in [6.45, 7) is 28.9. The van der Waals surface area contributed by atoms with E-state index in [1.807, 2.05) is 77.8 Å². The minimum Gasteiger partial charge on any atom is -0.393 e. The van der Waals surface area contributed by atoms with E-state index in [1.54, 1.807) is 18.6 Å². The van der Waals surface area contributed by atoms with Crippen molar-refractivity contribution in [2.75, 3.05) is 21.3 Å². The number of hydrogen-bond acceptors (Lipinski definition) is 28. The van der Waals surface area contributed by atoms with E-state index in [0.717, 1.165) is 215 Å². The fraction of sp³-hybridized carbons (Fsp3) is 0.619. The Morgan fingerprint density at radius 1 is 0.333 bits per heavy atom. The van der Waals surface area contributed by atoms with Crippen LogP contribution < -0.4 is 42.5 Å². The first-order valence-corrected chi connectivity index (χ1v) is 54.7. The number of carbonyl (C=O) groups is 8. The summed E-state index contributed by atoms with van der Waals surface area (Å²) < 4.78 is 0. The molecular formula is C105H140N20O12S4. The standard InChI is InChI=1S/C27H35N5O3S.3C26H35N5O3S/c1-14-12-22(29-15(2)16-6-7-16)28-13-19(14)24-23(27(35)32-17-8-9-18(32)11-10-17)31-26(36-24)25(34)30-20-4-3-5-21(20)33;1-14-11-20(30-26(2,3)4)27-13-19(14)22-21(25(34)31-16-6-7-17(31)9-8-16)29-24(35-22)23(33)28-15-5-10-18(32)12-15;2*1-14-12-20(30-26(2,3)4)27-13-17(14)22-21(25(34)31-15-8-9-16(31)11-10-15)29-24(35-22)23(33)28-18-6-5-7-19(18)32/h12-13,15-18,20-21,33H,3-11H2,1-2H3,(H,28,29)(H,30,34);11,13,15-18,32H,5-10,12H2,1-4H3,(H,27,30)(H,28,33);2*12-13,15-16,18-19,32H,5-11H2,1-4H3,(H,27,30)(H,28,33)/t15-,17?,18?,20-,21-;15-,16?,17?,18-;2*15?,16?,18-,19-/m1110/s1. The largest absolute Gasteiger partial charge is 0.393 e. The molecule has 9 atom stereocenters. The third-order valence-electron chi connectivity index (χ3n) is 30.6. The molecule has 13 aliphatic rings. The Morgan fingerprint density at radius 2 is 0.582 bits per heavy atom. The van der Waals surface area contributed by atoms with Crippen LogP contribution in [-0.2, 0) is 0 Å². The highest BCUT2D eigenvalue weighted by Crippen LogP contribution is 2.48. The van der Waals surface area contributed by atoms with E-state index >= 15 is 0 Å². The van der Waals surface area contributed by atoms with Crippen LogP contribution in [0.3, 0.4) is 0 Å².